The summed E-state index contributed by atoms with van der Waals surface area (Å²) < 4.78 is 17.8. The van der Waals surface area contributed by atoms with Crippen molar-refractivity contribution in [3.8, 4) is 22.9 Å². The standard InChI is InChI=1S/C26H22N4O4S/c1-32-19-13-11-17(12-14-19)24-28-23(34-29-24)16-35-26-27-21-9-5-4-8-20(21)25(31)30(26)15-18-7-3-6-10-22(18)33-2/h3-14H,15-16H2,1-2H3. The molecule has 0 spiro atoms. The second-order valence-corrected chi connectivity index (χ2v) is 8.59. The number of fused-ring (bicyclic) bond motifs is 1. The number of hydrogen-bond donors (Lipinski definition) is 0. The summed E-state index contributed by atoms with van der Waals surface area (Å²) in [7, 11) is 3.23. The highest BCUT2D eigenvalue weighted by Crippen LogP contribution is 2.26. The van der Waals surface area contributed by atoms with Crippen molar-refractivity contribution in [2.24, 2.45) is 0 Å². The Morgan fingerprint density at radius 3 is 2.49 bits per heavy atom. The minimum atomic E-state index is -0.117. The molecule has 2 aromatic heterocycles. The van der Waals surface area contributed by atoms with E-state index in [1.54, 1.807) is 24.9 Å². The van der Waals surface area contributed by atoms with E-state index in [0.29, 0.717) is 45.8 Å². The normalized spacial score (nSPS) is 11.0. The van der Waals surface area contributed by atoms with Crippen molar-refractivity contribution in [3.63, 3.8) is 0 Å². The van der Waals surface area contributed by atoms with Crippen molar-refractivity contribution in [2.45, 2.75) is 17.5 Å². The summed E-state index contributed by atoms with van der Waals surface area (Å²) in [6, 6.07) is 22.4. The van der Waals surface area contributed by atoms with Crippen LogP contribution in [0.3, 0.4) is 0 Å². The van der Waals surface area contributed by atoms with Crippen LogP contribution in [0.25, 0.3) is 22.3 Å². The van der Waals surface area contributed by atoms with Crippen molar-refractivity contribution in [1.82, 2.24) is 19.7 Å². The Morgan fingerprint density at radius 2 is 1.69 bits per heavy atom. The number of rotatable bonds is 8. The van der Waals surface area contributed by atoms with E-state index >= 15 is 0 Å². The largest absolute Gasteiger partial charge is 0.497 e. The van der Waals surface area contributed by atoms with Gasteiger partial charge in [-0.05, 0) is 42.5 Å². The van der Waals surface area contributed by atoms with Crippen LogP contribution >= 0.6 is 11.8 Å². The molecule has 0 aliphatic rings. The number of hydrogen-bond acceptors (Lipinski definition) is 8. The van der Waals surface area contributed by atoms with Gasteiger partial charge in [0.05, 0.1) is 37.4 Å². The quantitative estimate of drug-likeness (QED) is 0.228. The Bertz CT molecular complexity index is 1530. The lowest BCUT2D eigenvalue weighted by molar-refractivity contribution is 0.391. The summed E-state index contributed by atoms with van der Waals surface area (Å²) in [5.41, 5.74) is 2.23. The average Bonchev–Trinajstić information content (AvgIpc) is 3.39. The van der Waals surface area contributed by atoms with E-state index < -0.39 is 0 Å². The number of methoxy groups -OCH3 is 2. The van der Waals surface area contributed by atoms with Gasteiger partial charge in [-0.3, -0.25) is 9.36 Å². The highest BCUT2D eigenvalue weighted by atomic mass is 32.2. The molecule has 0 bridgehead atoms. The van der Waals surface area contributed by atoms with Crippen LogP contribution in [0.15, 0.2) is 87.3 Å². The first-order chi connectivity index (χ1) is 17.2. The Morgan fingerprint density at radius 1 is 0.914 bits per heavy atom. The summed E-state index contributed by atoms with van der Waals surface area (Å²) in [5.74, 6) is 2.75. The summed E-state index contributed by atoms with van der Waals surface area (Å²) in [5, 5.41) is 5.21. The van der Waals surface area contributed by atoms with Gasteiger partial charge in [0, 0.05) is 11.1 Å². The summed E-state index contributed by atoms with van der Waals surface area (Å²) in [4.78, 5) is 22.7. The molecule has 0 atom stereocenters. The zero-order valence-corrected chi connectivity index (χ0v) is 20.0. The van der Waals surface area contributed by atoms with Crippen LogP contribution in [0.2, 0.25) is 0 Å². The van der Waals surface area contributed by atoms with E-state index in [-0.39, 0.29) is 5.56 Å². The Balaban J connectivity index is 1.45. The van der Waals surface area contributed by atoms with Gasteiger partial charge in [-0.15, -0.1) is 0 Å². The van der Waals surface area contributed by atoms with Crippen molar-refractivity contribution >= 4 is 22.7 Å². The van der Waals surface area contributed by atoms with Gasteiger partial charge in [0.1, 0.15) is 11.5 Å². The molecule has 0 fully saturated rings. The molecule has 176 valence electrons. The Labute approximate surface area is 205 Å². The minimum absolute atomic E-state index is 0.117. The number of ether oxygens (including phenoxy) is 2. The van der Waals surface area contributed by atoms with E-state index in [1.807, 2.05) is 66.7 Å². The van der Waals surface area contributed by atoms with Gasteiger partial charge in [-0.25, -0.2) is 4.98 Å². The van der Waals surface area contributed by atoms with Gasteiger partial charge in [0.25, 0.3) is 5.56 Å². The lowest BCUT2D eigenvalue weighted by Crippen LogP contribution is -2.24. The van der Waals surface area contributed by atoms with E-state index in [2.05, 4.69) is 10.1 Å². The van der Waals surface area contributed by atoms with Crippen LogP contribution in [0, 0.1) is 0 Å². The fourth-order valence-electron chi connectivity index (χ4n) is 3.70. The molecule has 8 nitrogen and oxygen atoms in total. The highest BCUT2D eigenvalue weighted by Gasteiger charge is 2.16. The molecule has 5 rings (SSSR count). The predicted molar refractivity (Wildman–Crippen MR) is 134 cm³/mol. The maximum absolute atomic E-state index is 13.4. The summed E-state index contributed by atoms with van der Waals surface area (Å²) in [6.07, 6.45) is 0. The van der Waals surface area contributed by atoms with Gasteiger partial charge in [0.2, 0.25) is 11.7 Å². The van der Waals surface area contributed by atoms with Crippen LogP contribution in [0.4, 0.5) is 0 Å². The van der Waals surface area contributed by atoms with Gasteiger partial charge < -0.3 is 14.0 Å². The summed E-state index contributed by atoms with van der Waals surface area (Å²) in [6.45, 7) is 0.323. The second-order valence-electron chi connectivity index (χ2n) is 7.64. The topological polar surface area (TPSA) is 92.3 Å². The Hall–Kier alpha value is -4.11. The lowest BCUT2D eigenvalue weighted by Gasteiger charge is -2.14. The van der Waals surface area contributed by atoms with Crippen molar-refractivity contribution < 1.29 is 14.0 Å². The molecule has 0 aliphatic heterocycles. The molecule has 0 N–H and O–H groups in total. The molecule has 0 unspecified atom stereocenters. The summed E-state index contributed by atoms with van der Waals surface area (Å²) >= 11 is 1.37. The van der Waals surface area contributed by atoms with E-state index in [9.17, 15) is 4.79 Å². The molecule has 5 aromatic rings. The number of para-hydroxylation sites is 2. The van der Waals surface area contributed by atoms with Crippen molar-refractivity contribution in [2.75, 3.05) is 14.2 Å². The molecule has 0 amide bonds. The fraction of sp³-hybridized carbons (Fsp3) is 0.154. The van der Waals surface area contributed by atoms with E-state index in [4.69, 9.17) is 19.0 Å². The van der Waals surface area contributed by atoms with Gasteiger partial charge in [-0.1, -0.05) is 47.3 Å². The lowest BCUT2D eigenvalue weighted by atomic mass is 10.2. The molecule has 0 saturated carbocycles. The third-order valence-electron chi connectivity index (χ3n) is 5.49. The van der Waals surface area contributed by atoms with Gasteiger partial charge in [-0.2, -0.15) is 4.98 Å². The number of thioether (sulfide) groups is 1. The SMILES string of the molecule is COc1ccc(-c2noc(CSc3nc4ccccc4c(=O)n3Cc3ccccc3OC)n2)cc1. The first-order valence-corrected chi connectivity index (χ1v) is 11.9. The van der Waals surface area contributed by atoms with Crippen LogP contribution < -0.4 is 15.0 Å². The van der Waals surface area contributed by atoms with Gasteiger partial charge >= 0.3 is 0 Å². The third-order valence-corrected chi connectivity index (χ3v) is 6.45. The molecule has 2 heterocycles. The zero-order valence-electron chi connectivity index (χ0n) is 19.2. The highest BCUT2D eigenvalue weighted by molar-refractivity contribution is 7.98. The first kappa shape index (κ1) is 22.7. The van der Waals surface area contributed by atoms with Crippen LogP contribution in [0.5, 0.6) is 11.5 Å². The molecule has 3 aromatic carbocycles. The molecule has 0 aliphatic carbocycles. The molecule has 0 saturated heterocycles. The molecule has 9 heteroatoms. The maximum atomic E-state index is 13.4. The second kappa shape index (κ2) is 10.0. The molecule has 0 radical (unpaired) electrons. The predicted octanol–water partition coefficient (Wildman–Crippen LogP) is 4.80. The first-order valence-electron chi connectivity index (χ1n) is 10.9. The van der Waals surface area contributed by atoms with E-state index in [1.165, 1.54) is 11.8 Å². The van der Waals surface area contributed by atoms with Crippen molar-refractivity contribution in [1.29, 1.82) is 0 Å². The minimum Gasteiger partial charge on any atom is -0.497 e. The number of aromatic nitrogens is 4. The third kappa shape index (κ3) is 4.76. The van der Waals surface area contributed by atoms with Crippen LogP contribution in [-0.2, 0) is 12.3 Å². The number of nitrogens with zero attached hydrogens (tertiary/aromatic N) is 4. The van der Waals surface area contributed by atoms with Gasteiger partial charge in [0.15, 0.2) is 5.16 Å². The number of benzene rings is 3. The smallest absolute Gasteiger partial charge is 0.262 e. The maximum Gasteiger partial charge on any atom is 0.262 e. The van der Waals surface area contributed by atoms with E-state index in [0.717, 1.165) is 16.9 Å². The van der Waals surface area contributed by atoms with Crippen LogP contribution in [0.1, 0.15) is 11.5 Å². The van der Waals surface area contributed by atoms with Crippen LogP contribution in [-0.4, -0.2) is 33.9 Å². The van der Waals surface area contributed by atoms with Crippen molar-refractivity contribution in [3.05, 3.63) is 94.6 Å². The molecular formula is C26H22N4O4S. The zero-order chi connectivity index (χ0) is 24.2. The average molecular weight is 487 g/mol. The fourth-order valence-corrected chi connectivity index (χ4v) is 4.53. The molecule has 35 heavy (non-hydrogen) atoms. The monoisotopic (exact) mass is 486 g/mol. The Kier molecular flexibility index (Phi) is 6.49. The molecular weight excluding hydrogens is 464 g/mol.